The van der Waals surface area contributed by atoms with Crippen LogP contribution in [0.25, 0.3) is 5.57 Å². The summed E-state index contributed by atoms with van der Waals surface area (Å²) in [6.45, 7) is 9.31. The Balaban J connectivity index is 1.83. The Labute approximate surface area is 176 Å². The summed E-state index contributed by atoms with van der Waals surface area (Å²) in [5, 5.41) is 6.13. The van der Waals surface area contributed by atoms with Crippen LogP contribution in [-0.4, -0.2) is 42.8 Å². The first-order valence-corrected chi connectivity index (χ1v) is 9.89. The Morgan fingerprint density at radius 1 is 1.33 bits per heavy atom. The van der Waals surface area contributed by atoms with E-state index in [2.05, 4.69) is 27.6 Å². The van der Waals surface area contributed by atoms with Crippen LogP contribution >= 0.6 is 0 Å². The number of pyridine rings is 1. The molecule has 1 atom stereocenters. The minimum absolute atomic E-state index is 0.0466. The van der Waals surface area contributed by atoms with Gasteiger partial charge in [0.1, 0.15) is 0 Å². The molecule has 1 amide bonds. The summed E-state index contributed by atoms with van der Waals surface area (Å²) in [5.74, 6) is 6.06. The normalized spacial score (nSPS) is 18.3. The predicted octanol–water partition coefficient (Wildman–Crippen LogP) is 2.53. The average Bonchev–Trinajstić information content (AvgIpc) is 3.24. The van der Waals surface area contributed by atoms with Gasteiger partial charge in [0.2, 0.25) is 5.88 Å². The number of rotatable bonds is 8. The molecule has 8 nitrogen and oxygen atoms in total. The lowest BCUT2D eigenvalue weighted by atomic mass is 9.98. The lowest BCUT2D eigenvalue weighted by molar-refractivity contribution is -0.135. The van der Waals surface area contributed by atoms with Crippen molar-refractivity contribution in [2.75, 3.05) is 30.9 Å². The maximum absolute atomic E-state index is 12.8. The van der Waals surface area contributed by atoms with Crippen LogP contribution in [-0.2, 0) is 9.53 Å². The number of anilines is 2. The van der Waals surface area contributed by atoms with Gasteiger partial charge in [0.15, 0.2) is 5.60 Å². The first kappa shape index (κ1) is 21.8. The van der Waals surface area contributed by atoms with Gasteiger partial charge in [0, 0.05) is 42.7 Å². The summed E-state index contributed by atoms with van der Waals surface area (Å²) in [6, 6.07) is 9.11. The molecule has 0 radical (unpaired) electrons. The van der Waals surface area contributed by atoms with Gasteiger partial charge >= 0.3 is 0 Å². The Morgan fingerprint density at radius 2 is 2.13 bits per heavy atom. The third kappa shape index (κ3) is 4.62. The van der Waals surface area contributed by atoms with E-state index in [1.807, 2.05) is 26.0 Å². The quantitative estimate of drug-likeness (QED) is 0.390. The van der Waals surface area contributed by atoms with Crippen molar-refractivity contribution in [1.82, 2.24) is 10.3 Å². The van der Waals surface area contributed by atoms with E-state index in [1.54, 1.807) is 31.5 Å². The smallest absolute Gasteiger partial charge is 0.257 e. The molecule has 1 aromatic carbocycles. The van der Waals surface area contributed by atoms with E-state index in [1.165, 1.54) is 0 Å². The average molecular weight is 412 g/mol. The minimum Gasteiger partial charge on any atom is -0.475 e. The Kier molecular flexibility index (Phi) is 6.71. The van der Waals surface area contributed by atoms with Crippen molar-refractivity contribution in [3.63, 3.8) is 0 Å². The molecule has 0 bridgehead atoms. The number of ether oxygens (including phenoxy) is 2. The first-order valence-electron chi connectivity index (χ1n) is 9.89. The number of methoxy groups -OCH3 is 1. The first-order chi connectivity index (χ1) is 14.4. The van der Waals surface area contributed by atoms with Crippen LogP contribution in [0.5, 0.6) is 5.88 Å². The van der Waals surface area contributed by atoms with Gasteiger partial charge in [-0.3, -0.25) is 10.6 Å². The number of hydrazine groups is 1. The molecule has 0 unspecified atom stereocenters. The Morgan fingerprint density at radius 3 is 2.70 bits per heavy atom. The van der Waals surface area contributed by atoms with E-state index in [-0.39, 0.29) is 12.0 Å². The number of nitrogen functional groups attached to an aromatic ring is 1. The van der Waals surface area contributed by atoms with E-state index < -0.39 is 5.60 Å². The maximum atomic E-state index is 12.8. The van der Waals surface area contributed by atoms with Crippen LogP contribution < -0.4 is 26.6 Å². The highest BCUT2D eigenvalue weighted by molar-refractivity contribution is 5.99. The number of nitrogens with zero attached hydrogens (tertiary/aromatic N) is 1. The molecular weight excluding hydrogens is 382 g/mol. The number of hydrogen-bond donors (Lipinski definition) is 4. The molecule has 0 aliphatic carbocycles. The molecular formula is C22H29N5O3. The number of carbonyl (C=O) groups is 1. The highest BCUT2D eigenvalue weighted by Gasteiger charge is 2.41. The van der Waals surface area contributed by atoms with Crippen molar-refractivity contribution in [2.45, 2.75) is 32.0 Å². The van der Waals surface area contributed by atoms with Crippen molar-refractivity contribution < 1.29 is 14.3 Å². The van der Waals surface area contributed by atoms with Crippen LogP contribution in [0, 0.1) is 0 Å². The molecule has 8 heteroatoms. The molecule has 30 heavy (non-hydrogen) atoms. The van der Waals surface area contributed by atoms with Gasteiger partial charge in [0.05, 0.1) is 11.8 Å². The standard InChI is InChI=1S/C22H29N5O3/c1-14(2)30-20-8-5-16(12-25-20)15(3)18-11-17(6-7-19(18)27-23)26-21(28)22(29-4)9-10-24-13-22/h5-8,11-12,14,24,27H,3,9-10,13,23H2,1-2,4H3,(H,26,28)/t22-/m0/s1. The van der Waals surface area contributed by atoms with Crippen molar-refractivity contribution >= 4 is 22.9 Å². The van der Waals surface area contributed by atoms with Gasteiger partial charge in [-0.25, -0.2) is 4.98 Å². The summed E-state index contributed by atoms with van der Waals surface area (Å²) in [5.41, 5.74) is 5.43. The Bertz CT molecular complexity index is 905. The second-order valence-electron chi connectivity index (χ2n) is 7.51. The molecule has 1 aliphatic rings. The van der Waals surface area contributed by atoms with Gasteiger partial charge in [-0.05, 0) is 56.7 Å². The highest BCUT2D eigenvalue weighted by atomic mass is 16.5. The molecule has 1 aliphatic heterocycles. The minimum atomic E-state index is -0.863. The third-order valence-corrected chi connectivity index (χ3v) is 5.12. The van der Waals surface area contributed by atoms with Crippen LogP contribution in [0.2, 0.25) is 0 Å². The summed E-state index contributed by atoms with van der Waals surface area (Å²) in [6.07, 6.45) is 2.37. The van der Waals surface area contributed by atoms with Crippen molar-refractivity contribution in [3.05, 3.63) is 54.2 Å². The second-order valence-corrected chi connectivity index (χ2v) is 7.51. The number of carbonyl (C=O) groups excluding carboxylic acids is 1. The molecule has 5 N–H and O–H groups in total. The molecule has 1 saturated heterocycles. The number of aromatic nitrogens is 1. The number of amides is 1. The fraction of sp³-hybridized carbons (Fsp3) is 0.364. The van der Waals surface area contributed by atoms with E-state index in [4.69, 9.17) is 15.3 Å². The van der Waals surface area contributed by atoms with Crippen molar-refractivity contribution in [2.24, 2.45) is 5.84 Å². The zero-order valence-electron chi connectivity index (χ0n) is 17.6. The van der Waals surface area contributed by atoms with Crippen molar-refractivity contribution in [1.29, 1.82) is 0 Å². The topological polar surface area (TPSA) is 111 Å². The molecule has 2 heterocycles. The summed E-state index contributed by atoms with van der Waals surface area (Å²) >= 11 is 0. The third-order valence-electron chi connectivity index (χ3n) is 5.12. The van der Waals surface area contributed by atoms with Crippen LogP contribution in [0.1, 0.15) is 31.4 Å². The monoisotopic (exact) mass is 411 g/mol. The Hall–Kier alpha value is -2.94. The highest BCUT2D eigenvalue weighted by Crippen LogP contribution is 2.31. The fourth-order valence-corrected chi connectivity index (χ4v) is 3.40. The van der Waals surface area contributed by atoms with Crippen molar-refractivity contribution in [3.8, 4) is 5.88 Å². The lowest BCUT2D eigenvalue weighted by Crippen LogP contribution is -2.46. The number of nitrogens with two attached hydrogens (primary N) is 1. The summed E-state index contributed by atoms with van der Waals surface area (Å²) in [4.78, 5) is 17.2. The molecule has 2 aromatic rings. The largest absolute Gasteiger partial charge is 0.475 e. The maximum Gasteiger partial charge on any atom is 0.257 e. The van der Waals surface area contributed by atoms with Gasteiger partial charge in [0.25, 0.3) is 5.91 Å². The molecule has 3 rings (SSSR count). The fourth-order valence-electron chi connectivity index (χ4n) is 3.40. The van der Waals surface area contributed by atoms with E-state index >= 15 is 0 Å². The van der Waals surface area contributed by atoms with E-state index in [0.29, 0.717) is 35.8 Å². The zero-order chi connectivity index (χ0) is 21.7. The molecule has 0 spiro atoms. The molecule has 160 valence electrons. The van der Waals surface area contributed by atoms with E-state index in [0.717, 1.165) is 17.7 Å². The summed E-state index contributed by atoms with van der Waals surface area (Å²) < 4.78 is 11.1. The van der Waals surface area contributed by atoms with Gasteiger partial charge in [-0.1, -0.05) is 6.58 Å². The van der Waals surface area contributed by atoms with E-state index in [9.17, 15) is 4.79 Å². The molecule has 1 aromatic heterocycles. The van der Waals surface area contributed by atoms with Gasteiger partial charge in [-0.15, -0.1) is 0 Å². The van der Waals surface area contributed by atoms with Crippen LogP contribution in [0.4, 0.5) is 11.4 Å². The predicted molar refractivity (Wildman–Crippen MR) is 118 cm³/mol. The number of benzene rings is 1. The van der Waals surface area contributed by atoms with Crippen LogP contribution in [0.15, 0.2) is 43.1 Å². The molecule has 1 fully saturated rings. The second kappa shape index (κ2) is 9.25. The van der Waals surface area contributed by atoms with Gasteiger partial charge in [-0.2, -0.15) is 0 Å². The van der Waals surface area contributed by atoms with Crippen LogP contribution in [0.3, 0.4) is 0 Å². The lowest BCUT2D eigenvalue weighted by Gasteiger charge is -2.25. The number of hydrogen-bond acceptors (Lipinski definition) is 7. The van der Waals surface area contributed by atoms with Gasteiger partial charge < -0.3 is 25.5 Å². The molecule has 0 saturated carbocycles. The summed E-state index contributed by atoms with van der Waals surface area (Å²) in [7, 11) is 1.56. The SMILES string of the molecule is C=C(c1ccc(OC(C)C)nc1)c1cc(NC(=O)[C@]2(OC)CCNC2)ccc1NN. The zero-order valence-corrected chi connectivity index (χ0v) is 17.6. The number of nitrogens with one attached hydrogen (secondary N) is 3.